The van der Waals surface area contributed by atoms with E-state index in [-0.39, 0.29) is 6.04 Å². The van der Waals surface area contributed by atoms with Crippen LogP contribution in [0.5, 0.6) is 0 Å². The molecule has 1 atom stereocenters. The number of rotatable bonds is 5. The first-order valence-electron chi connectivity index (χ1n) is 6.14. The highest BCUT2D eigenvalue weighted by Gasteiger charge is 2.07. The summed E-state index contributed by atoms with van der Waals surface area (Å²) in [6, 6.07) is 10.4. The van der Waals surface area contributed by atoms with Crippen molar-refractivity contribution in [1.82, 2.24) is 15.1 Å². The first kappa shape index (κ1) is 12.6. The van der Waals surface area contributed by atoms with Gasteiger partial charge in [-0.2, -0.15) is 5.10 Å². The summed E-state index contributed by atoms with van der Waals surface area (Å²) < 4.78 is 1.90. The average molecular weight is 241 g/mol. The summed E-state index contributed by atoms with van der Waals surface area (Å²) in [5, 5.41) is 7.80. The number of para-hydroxylation sites is 1. The Morgan fingerprint density at radius 2 is 2.11 bits per heavy atom. The van der Waals surface area contributed by atoms with E-state index in [1.54, 1.807) is 0 Å². The molecule has 3 nitrogen and oxygen atoms in total. The van der Waals surface area contributed by atoms with Gasteiger partial charge in [-0.3, -0.25) is 0 Å². The Kier molecular flexibility index (Phi) is 3.95. The molecular formula is C15H19N3. The maximum atomic E-state index is 4.39. The Morgan fingerprint density at radius 1 is 1.39 bits per heavy atom. The maximum absolute atomic E-state index is 4.39. The van der Waals surface area contributed by atoms with Crippen LogP contribution in [0.2, 0.25) is 0 Å². The van der Waals surface area contributed by atoms with E-state index in [0.29, 0.717) is 0 Å². The van der Waals surface area contributed by atoms with E-state index in [1.165, 1.54) is 5.56 Å². The van der Waals surface area contributed by atoms with Crippen LogP contribution < -0.4 is 5.32 Å². The van der Waals surface area contributed by atoms with Crippen LogP contribution in [-0.2, 0) is 0 Å². The van der Waals surface area contributed by atoms with Crippen molar-refractivity contribution in [1.29, 1.82) is 0 Å². The Morgan fingerprint density at radius 3 is 2.78 bits per heavy atom. The first-order valence-corrected chi connectivity index (χ1v) is 6.14. The molecule has 1 unspecified atom stereocenters. The lowest BCUT2D eigenvalue weighted by Crippen LogP contribution is -2.19. The van der Waals surface area contributed by atoms with Crippen molar-refractivity contribution in [3.05, 3.63) is 60.4 Å². The molecule has 0 fully saturated rings. The number of benzene rings is 1. The highest BCUT2D eigenvalue weighted by atomic mass is 15.3. The topological polar surface area (TPSA) is 29.9 Å². The van der Waals surface area contributed by atoms with Gasteiger partial charge in [-0.05, 0) is 26.0 Å². The summed E-state index contributed by atoms with van der Waals surface area (Å²) in [6.07, 6.45) is 3.97. The summed E-state index contributed by atoms with van der Waals surface area (Å²) in [6.45, 7) is 8.88. The predicted octanol–water partition coefficient (Wildman–Crippen LogP) is 3.10. The van der Waals surface area contributed by atoms with Gasteiger partial charge in [0.25, 0.3) is 0 Å². The third-order valence-electron chi connectivity index (χ3n) is 2.83. The zero-order valence-corrected chi connectivity index (χ0v) is 10.9. The van der Waals surface area contributed by atoms with E-state index < -0.39 is 0 Å². The molecule has 94 valence electrons. The minimum atomic E-state index is 0.277. The first-order chi connectivity index (χ1) is 8.66. The van der Waals surface area contributed by atoms with Gasteiger partial charge in [0.05, 0.1) is 11.9 Å². The fraction of sp³-hybridized carbons (Fsp3) is 0.267. The van der Waals surface area contributed by atoms with Gasteiger partial charge in [0.2, 0.25) is 0 Å². The number of hydrogen-bond acceptors (Lipinski definition) is 2. The van der Waals surface area contributed by atoms with E-state index in [1.807, 2.05) is 48.1 Å². The normalized spacial score (nSPS) is 12.3. The van der Waals surface area contributed by atoms with E-state index in [0.717, 1.165) is 17.8 Å². The van der Waals surface area contributed by atoms with Crippen molar-refractivity contribution in [2.45, 2.75) is 19.9 Å². The van der Waals surface area contributed by atoms with Crippen LogP contribution in [-0.4, -0.2) is 16.3 Å². The highest BCUT2D eigenvalue weighted by molar-refractivity contribution is 5.31. The predicted molar refractivity (Wildman–Crippen MR) is 74.8 cm³/mol. The van der Waals surface area contributed by atoms with Gasteiger partial charge >= 0.3 is 0 Å². The molecule has 3 heteroatoms. The van der Waals surface area contributed by atoms with Crippen molar-refractivity contribution >= 4 is 0 Å². The zero-order chi connectivity index (χ0) is 13.0. The molecule has 1 heterocycles. The molecule has 0 spiro atoms. The summed E-state index contributed by atoms with van der Waals surface area (Å²) >= 11 is 0. The lowest BCUT2D eigenvalue weighted by Gasteiger charge is -2.11. The molecule has 2 aromatic rings. The van der Waals surface area contributed by atoms with E-state index in [9.17, 15) is 0 Å². The standard InChI is InChI=1S/C15H19N3/c1-12(2)9-16-13(3)14-10-17-18(11-14)15-7-5-4-6-8-15/h4-8,10-11,13,16H,1,9H2,2-3H3. The third-order valence-corrected chi connectivity index (χ3v) is 2.83. The number of aromatic nitrogens is 2. The average Bonchev–Trinajstić information content (AvgIpc) is 2.86. The van der Waals surface area contributed by atoms with Crippen LogP contribution in [0, 0.1) is 0 Å². The molecule has 1 N–H and O–H groups in total. The summed E-state index contributed by atoms with van der Waals surface area (Å²) in [5.74, 6) is 0. The number of hydrogen-bond donors (Lipinski definition) is 1. The molecule has 1 aromatic carbocycles. The van der Waals surface area contributed by atoms with E-state index in [2.05, 4.69) is 30.1 Å². The van der Waals surface area contributed by atoms with Crippen molar-refractivity contribution < 1.29 is 0 Å². The summed E-state index contributed by atoms with van der Waals surface area (Å²) in [5.41, 5.74) is 3.40. The second-order valence-corrected chi connectivity index (χ2v) is 4.61. The minimum absolute atomic E-state index is 0.277. The lowest BCUT2D eigenvalue weighted by atomic mass is 10.2. The molecule has 18 heavy (non-hydrogen) atoms. The summed E-state index contributed by atoms with van der Waals surface area (Å²) in [7, 11) is 0. The van der Waals surface area contributed by atoms with E-state index >= 15 is 0 Å². The second kappa shape index (κ2) is 5.65. The minimum Gasteiger partial charge on any atom is -0.306 e. The molecule has 0 aliphatic carbocycles. The van der Waals surface area contributed by atoms with Crippen LogP contribution >= 0.6 is 0 Å². The van der Waals surface area contributed by atoms with Crippen molar-refractivity contribution in [3.63, 3.8) is 0 Å². The van der Waals surface area contributed by atoms with Crippen LogP contribution in [0.4, 0.5) is 0 Å². The molecule has 0 saturated heterocycles. The largest absolute Gasteiger partial charge is 0.306 e. The molecular weight excluding hydrogens is 222 g/mol. The van der Waals surface area contributed by atoms with Gasteiger partial charge < -0.3 is 5.32 Å². The van der Waals surface area contributed by atoms with Crippen LogP contribution in [0.15, 0.2) is 54.9 Å². The van der Waals surface area contributed by atoms with Crippen molar-refractivity contribution in [3.8, 4) is 5.69 Å². The molecule has 0 amide bonds. The monoisotopic (exact) mass is 241 g/mol. The van der Waals surface area contributed by atoms with Gasteiger partial charge in [-0.1, -0.05) is 30.4 Å². The molecule has 0 aliphatic heterocycles. The third kappa shape index (κ3) is 3.08. The summed E-state index contributed by atoms with van der Waals surface area (Å²) in [4.78, 5) is 0. The highest BCUT2D eigenvalue weighted by Crippen LogP contribution is 2.14. The smallest absolute Gasteiger partial charge is 0.0645 e. The fourth-order valence-electron chi connectivity index (χ4n) is 1.73. The van der Waals surface area contributed by atoms with Gasteiger partial charge in [0.1, 0.15) is 0 Å². The molecule has 0 bridgehead atoms. The fourth-order valence-corrected chi connectivity index (χ4v) is 1.73. The quantitative estimate of drug-likeness (QED) is 0.815. The Bertz CT molecular complexity index is 514. The zero-order valence-electron chi connectivity index (χ0n) is 10.9. The Hall–Kier alpha value is -1.87. The number of nitrogens with one attached hydrogen (secondary N) is 1. The van der Waals surface area contributed by atoms with Gasteiger partial charge in [0.15, 0.2) is 0 Å². The van der Waals surface area contributed by atoms with Crippen molar-refractivity contribution in [2.75, 3.05) is 6.54 Å². The molecule has 1 aromatic heterocycles. The van der Waals surface area contributed by atoms with Crippen LogP contribution in [0.1, 0.15) is 25.5 Å². The Balaban J connectivity index is 2.08. The van der Waals surface area contributed by atoms with Gasteiger partial charge in [0, 0.05) is 24.3 Å². The maximum Gasteiger partial charge on any atom is 0.0645 e. The van der Waals surface area contributed by atoms with Gasteiger partial charge in [-0.15, -0.1) is 0 Å². The Labute approximate surface area is 108 Å². The molecule has 0 radical (unpaired) electrons. The SMILES string of the molecule is C=C(C)CNC(C)c1cnn(-c2ccccc2)c1. The number of nitrogens with zero attached hydrogens (tertiary/aromatic N) is 2. The molecule has 0 saturated carbocycles. The van der Waals surface area contributed by atoms with Crippen LogP contribution in [0.3, 0.4) is 0 Å². The van der Waals surface area contributed by atoms with Crippen LogP contribution in [0.25, 0.3) is 5.69 Å². The van der Waals surface area contributed by atoms with Gasteiger partial charge in [-0.25, -0.2) is 4.68 Å². The molecule has 2 rings (SSSR count). The van der Waals surface area contributed by atoms with Crippen molar-refractivity contribution in [2.24, 2.45) is 0 Å². The molecule has 0 aliphatic rings. The lowest BCUT2D eigenvalue weighted by molar-refractivity contribution is 0.607. The second-order valence-electron chi connectivity index (χ2n) is 4.61. The van der Waals surface area contributed by atoms with E-state index in [4.69, 9.17) is 0 Å².